The Morgan fingerprint density at radius 1 is 1.10 bits per heavy atom. The quantitative estimate of drug-likeness (QED) is 0.825. The van der Waals surface area contributed by atoms with Gasteiger partial charge in [-0.1, -0.05) is 36.3 Å². The summed E-state index contributed by atoms with van der Waals surface area (Å²) in [7, 11) is 0. The molecule has 0 saturated heterocycles. The zero-order valence-corrected chi connectivity index (χ0v) is 11.7. The zero-order chi connectivity index (χ0) is 14.9. The highest BCUT2D eigenvalue weighted by Gasteiger charge is 2.02. The Morgan fingerprint density at radius 3 is 2.76 bits per heavy atom. The SMILES string of the molecule is C#CCOc1ccccc1CNCc1cccc(C#N)c1. The van der Waals surface area contributed by atoms with Gasteiger partial charge in [-0.05, 0) is 23.8 Å². The predicted molar refractivity (Wildman–Crippen MR) is 82.5 cm³/mol. The van der Waals surface area contributed by atoms with Crippen LogP contribution in [-0.4, -0.2) is 6.61 Å². The number of hydrogen-bond acceptors (Lipinski definition) is 3. The third-order valence-electron chi connectivity index (χ3n) is 2.98. The highest BCUT2D eigenvalue weighted by atomic mass is 16.5. The van der Waals surface area contributed by atoms with Crippen LogP contribution in [0.1, 0.15) is 16.7 Å². The molecular weight excluding hydrogens is 260 g/mol. The number of nitrogens with one attached hydrogen (secondary N) is 1. The van der Waals surface area contributed by atoms with Crippen LogP contribution in [0, 0.1) is 23.7 Å². The van der Waals surface area contributed by atoms with E-state index in [-0.39, 0.29) is 6.61 Å². The molecule has 0 saturated carbocycles. The molecule has 0 radical (unpaired) electrons. The van der Waals surface area contributed by atoms with E-state index in [2.05, 4.69) is 17.3 Å². The molecule has 0 aromatic heterocycles. The maximum absolute atomic E-state index is 8.88. The third-order valence-corrected chi connectivity index (χ3v) is 2.98. The van der Waals surface area contributed by atoms with Crippen molar-refractivity contribution in [2.75, 3.05) is 6.61 Å². The van der Waals surface area contributed by atoms with Crippen molar-refractivity contribution in [2.24, 2.45) is 0 Å². The molecule has 0 heterocycles. The van der Waals surface area contributed by atoms with Crippen molar-refractivity contribution in [3.8, 4) is 24.2 Å². The molecular formula is C18H16N2O. The van der Waals surface area contributed by atoms with E-state index in [1.54, 1.807) is 6.07 Å². The summed E-state index contributed by atoms with van der Waals surface area (Å²) >= 11 is 0. The summed E-state index contributed by atoms with van der Waals surface area (Å²) in [6.07, 6.45) is 5.21. The number of nitrogens with zero attached hydrogens (tertiary/aromatic N) is 1. The zero-order valence-electron chi connectivity index (χ0n) is 11.7. The fraction of sp³-hybridized carbons (Fsp3) is 0.167. The van der Waals surface area contributed by atoms with E-state index in [0.29, 0.717) is 18.7 Å². The molecule has 0 aliphatic rings. The van der Waals surface area contributed by atoms with Crippen LogP contribution >= 0.6 is 0 Å². The van der Waals surface area contributed by atoms with E-state index in [9.17, 15) is 0 Å². The van der Waals surface area contributed by atoms with E-state index < -0.39 is 0 Å². The average Bonchev–Trinajstić information content (AvgIpc) is 2.54. The number of nitriles is 1. The minimum absolute atomic E-state index is 0.265. The van der Waals surface area contributed by atoms with Gasteiger partial charge in [-0.3, -0.25) is 0 Å². The standard InChI is InChI=1S/C18H16N2O/c1-2-10-21-18-9-4-3-8-17(18)14-20-13-16-7-5-6-15(11-16)12-19/h1,3-9,11,20H,10,13-14H2. The topological polar surface area (TPSA) is 45.0 Å². The summed E-state index contributed by atoms with van der Waals surface area (Å²) in [4.78, 5) is 0. The molecule has 3 nitrogen and oxygen atoms in total. The Labute approximate surface area is 125 Å². The van der Waals surface area contributed by atoms with Crippen LogP contribution in [0.5, 0.6) is 5.75 Å². The number of terminal acetylenes is 1. The fourth-order valence-corrected chi connectivity index (χ4v) is 2.00. The molecule has 1 N–H and O–H groups in total. The van der Waals surface area contributed by atoms with Crippen LogP contribution in [0.4, 0.5) is 0 Å². The number of benzene rings is 2. The van der Waals surface area contributed by atoms with Gasteiger partial charge in [0.25, 0.3) is 0 Å². The van der Waals surface area contributed by atoms with Crippen LogP contribution in [0.2, 0.25) is 0 Å². The number of para-hydroxylation sites is 1. The molecule has 0 spiro atoms. The van der Waals surface area contributed by atoms with Crippen molar-refractivity contribution in [2.45, 2.75) is 13.1 Å². The smallest absolute Gasteiger partial charge is 0.148 e. The molecule has 2 aromatic rings. The van der Waals surface area contributed by atoms with Gasteiger partial charge in [0.2, 0.25) is 0 Å². The molecule has 3 heteroatoms. The Bertz CT molecular complexity index is 680. The largest absolute Gasteiger partial charge is 0.481 e. The lowest BCUT2D eigenvalue weighted by molar-refractivity contribution is 0.365. The first kappa shape index (κ1) is 14.7. The molecule has 0 aliphatic heterocycles. The second-order valence-corrected chi connectivity index (χ2v) is 4.52. The Morgan fingerprint density at radius 2 is 1.95 bits per heavy atom. The summed E-state index contributed by atoms with van der Waals surface area (Å²) in [5, 5.41) is 12.2. The van der Waals surface area contributed by atoms with E-state index in [1.807, 2.05) is 42.5 Å². The van der Waals surface area contributed by atoms with E-state index >= 15 is 0 Å². The van der Waals surface area contributed by atoms with E-state index in [1.165, 1.54) is 0 Å². The summed E-state index contributed by atoms with van der Waals surface area (Å²) < 4.78 is 5.51. The van der Waals surface area contributed by atoms with Crippen molar-refractivity contribution in [1.82, 2.24) is 5.32 Å². The van der Waals surface area contributed by atoms with Crippen molar-refractivity contribution < 1.29 is 4.74 Å². The first-order valence-electron chi connectivity index (χ1n) is 6.67. The van der Waals surface area contributed by atoms with Gasteiger partial charge in [0, 0.05) is 18.7 Å². The minimum Gasteiger partial charge on any atom is -0.481 e. The molecule has 0 aliphatic carbocycles. The molecule has 0 bridgehead atoms. The van der Waals surface area contributed by atoms with E-state index in [4.69, 9.17) is 16.4 Å². The second kappa shape index (κ2) is 7.75. The monoisotopic (exact) mass is 276 g/mol. The predicted octanol–water partition coefficient (Wildman–Crippen LogP) is 2.86. The summed E-state index contributed by atoms with van der Waals surface area (Å²) in [5.74, 6) is 3.26. The lowest BCUT2D eigenvalue weighted by atomic mass is 10.1. The van der Waals surface area contributed by atoms with Crippen molar-refractivity contribution in [3.05, 3.63) is 65.2 Å². The lowest BCUT2D eigenvalue weighted by Crippen LogP contribution is -2.13. The van der Waals surface area contributed by atoms with Gasteiger partial charge in [0.05, 0.1) is 11.6 Å². The molecule has 2 aromatic carbocycles. The fourth-order valence-electron chi connectivity index (χ4n) is 2.00. The van der Waals surface area contributed by atoms with Crippen molar-refractivity contribution in [3.63, 3.8) is 0 Å². The summed E-state index contributed by atoms with van der Waals surface area (Å²) in [6.45, 7) is 1.64. The third kappa shape index (κ3) is 4.38. The maximum Gasteiger partial charge on any atom is 0.148 e. The first-order chi connectivity index (χ1) is 10.3. The molecule has 0 fully saturated rings. The van der Waals surface area contributed by atoms with Crippen LogP contribution in [0.25, 0.3) is 0 Å². The highest BCUT2D eigenvalue weighted by Crippen LogP contribution is 2.17. The van der Waals surface area contributed by atoms with Crippen molar-refractivity contribution >= 4 is 0 Å². The Hall–Kier alpha value is -2.75. The summed E-state index contributed by atoms with van der Waals surface area (Å²) in [5.41, 5.74) is 2.81. The Kier molecular flexibility index (Phi) is 5.41. The van der Waals surface area contributed by atoms with Crippen molar-refractivity contribution in [1.29, 1.82) is 5.26 Å². The molecule has 0 atom stereocenters. The van der Waals surface area contributed by atoms with Crippen LogP contribution in [-0.2, 0) is 13.1 Å². The van der Waals surface area contributed by atoms with Gasteiger partial charge in [-0.25, -0.2) is 0 Å². The first-order valence-corrected chi connectivity index (χ1v) is 6.67. The van der Waals surface area contributed by atoms with Gasteiger partial charge in [-0.15, -0.1) is 6.42 Å². The molecule has 104 valence electrons. The lowest BCUT2D eigenvalue weighted by Gasteiger charge is -2.10. The highest BCUT2D eigenvalue weighted by molar-refractivity contribution is 5.34. The van der Waals surface area contributed by atoms with Gasteiger partial charge in [0.15, 0.2) is 0 Å². The molecule has 2 rings (SSSR count). The van der Waals surface area contributed by atoms with Crippen LogP contribution < -0.4 is 10.1 Å². The molecule has 0 unspecified atom stereocenters. The number of hydrogen-bond donors (Lipinski definition) is 1. The van der Waals surface area contributed by atoms with E-state index in [0.717, 1.165) is 16.9 Å². The van der Waals surface area contributed by atoms with Gasteiger partial charge < -0.3 is 10.1 Å². The Balaban J connectivity index is 1.94. The molecule has 21 heavy (non-hydrogen) atoms. The number of ether oxygens (including phenoxy) is 1. The average molecular weight is 276 g/mol. The minimum atomic E-state index is 0.265. The summed E-state index contributed by atoms with van der Waals surface area (Å²) in [6, 6.07) is 17.5. The van der Waals surface area contributed by atoms with Crippen LogP contribution in [0.15, 0.2) is 48.5 Å². The molecule has 0 amide bonds. The number of rotatable bonds is 6. The van der Waals surface area contributed by atoms with Crippen LogP contribution in [0.3, 0.4) is 0 Å². The normalized spacial score (nSPS) is 9.62. The van der Waals surface area contributed by atoms with Gasteiger partial charge in [0.1, 0.15) is 12.4 Å². The maximum atomic E-state index is 8.88. The van der Waals surface area contributed by atoms with Gasteiger partial charge >= 0.3 is 0 Å². The van der Waals surface area contributed by atoms with Gasteiger partial charge in [-0.2, -0.15) is 5.26 Å². The second-order valence-electron chi connectivity index (χ2n) is 4.52.